The minimum absolute atomic E-state index is 0.0839. The number of nitrogens with one attached hydrogen (secondary N) is 1. The topological polar surface area (TPSA) is 55.2 Å². The van der Waals surface area contributed by atoms with Gasteiger partial charge in [0.05, 0.1) is 11.0 Å². The Morgan fingerprint density at radius 2 is 1.71 bits per heavy atom. The summed E-state index contributed by atoms with van der Waals surface area (Å²) < 4.78 is 0. The molecule has 2 aromatic carbocycles. The summed E-state index contributed by atoms with van der Waals surface area (Å²) in [5.41, 5.74) is 1.09. The van der Waals surface area contributed by atoms with E-state index in [9.17, 15) is 10.1 Å². The third kappa shape index (κ3) is 3.79. The summed E-state index contributed by atoms with van der Waals surface area (Å²) >= 11 is 17.8. The van der Waals surface area contributed by atoms with Gasteiger partial charge in [-0.25, -0.2) is 0 Å². The SMILES string of the molecule is CC(Nc1ccc(Cl)cc1[N+](=O)[O-])c1ccc(Cl)cc1Cl. The molecule has 0 saturated heterocycles. The van der Waals surface area contributed by atoms with Crippen LogP contribution in [0.3, 0.4) is 0 Å². The van der Waals surface area contributed by atoms with Crippen LogP contribution in [0.5, 0.6) is 0 Å². The van der Waals surface area contributed by atoms with E-state index in [2.05, 4.69) is 5.32 Å². The van der Waals surface area contributed by atoms with Gasteiger partial charge < -0.3 is 5.32 Å². The van der Waals surface area contributed by atoms with E-state index in [-0.39, 0.29) is 11.7 Å². The van der Waals surface area contributed by atoms with Crippen LogP contribution < -0.4 is 5.32 Å². The number of hydrogen-bond acceptors (Lipinski definition) is 3. The molecule has 1 N–H and O–H groups in total. The van der Waals surface area contributed by atoms with Crippen LogP contribution in [-0.4, -0.2) is 4.92 Å². The molecule has 0 spiro atoms. The Kier molecular flexibility index (Phi) is 4.93. The summed E-state index contributed by atoms with van der Waals surface area (Å²) in [6.07, 6.45) is 0. The van der Waals surface area contributed by atoms with Gasteiger partial charge in [0.1, 0.15) is 5.69 Å². The number of benzene rings is 2. The lowest BCUT2D eigenvalue weighted by atomic mass is 10.1. The van der Waals surface area contributed by atoms with Crippen LogP contribution >= 0.6 is 34.8 Å². The minimum atomic E-state index is -0.482. The molecule has 2 rings (SSSR count). The van der Waals surface area contributed by atoms with Crippen LogP contribution in [0.1, 0.15) is 18.5 Å². The highest BCUT2D eigenvalue weighted by Crippen LogP contribution is 2.33. The van der Waals surface area contributed by atoms with Crippen LogP contribution in [0.25, 0.3) is 0 Å². The Labute approximate surface area is 136 Å². The van der Waals surface area contributed by atoms with Crippen LogP contribution in [0, 0.1) is 10.1 Å². The molecular formula is C14H11Cl3N2O2. The molecule has 0 saturated carbocycles. The smallest absolute Gasteiger partial charge is 0.293 e. The zero-order chi connectivity index (χ0) is 15.6. The lowest BCUT2D eigenvalue weighted by Gasteiger charge is -2.17. The number of nitro groups is 1. The Morgan fingerprint density at radius 3 is 2.33 bits per heavy atom. The molecule has 1 unspecified atom stereocenters. The quantitative estimate of drug-likeness (QED) is 0.569. The Bertz CT molecular complexity index is 692. The summed E-state index contributed by atoms with van der Waals surface area (Å²) in [6, 6.07) is 9.37. The molecule has 0 aliphatic heterocycles. The second-order valence-corrected chi connectivity index (χ2v) is 5.73. The van der Waals surface area contributed by atoms with E-state index in [4.69, 9.17) is 34.8 Å². The highest BCUT2D eigenvalue weighted by Gasteiger charge is 2.18. The molecule has 4 nitrogen and oxygen atoms in total. The van der Waals surface area contributed by atoms with Crippen LogP contribution in [0.4, 0.5) is 11.4 Å². The summed E-state index contributed by atoms with van der Waals surface area (Å²) in [7, 11) is 0. The lowest BCUT2D eigenvalue weighted by molar-refractivity contribution is -0.384. The fourth-order valence-electron chi connectivity index (χ4n) is 1.94. The maximum absolute atomic E-state index is 11.1. The first-order valence-electron chi connectivity index (χ1n) is 6.04. The summed E-state index contributed by atoms with van der Waals surface area (Å²) in [5.74, 6) is 0. The van der Waals surface area contributed by atoms with Gasteiger partial charge in [-0.2, -0.15) is 0 Å². The molecule has 2 aromatic rings. The van der Waals surface area contributed by atoms with E-state index in [0.717, 1.165) is 5.56 Å². The minimum Gasteiger partial charge on any atom is -0.373 e. The van der Waals surface area contributed by atoms with Crippen molar-refractivity contribution < 1.29 is 4.92 Å². The number of nitro benzene ring substituents is 1. The largest absolute Gasteiger partial charge is 0.373 e. The summed E-state index contributed by atoms with van der Waals surface area (Å²) in [6.45, 7) is 1.85. The molecule has 110 valence electrons. The third-order valence-electron chi connectivity index (χ3n) is 2.96. The standard InChI is InChI=1S/C14H11Cl3N2O2/c1-8(11-4-2-9(15)6-12(11)17)18-13-5-3-10(16)7-14(13)19(20)21/h2-8,18H,1H3. The predicted octanol–water partition coefficient (Wildman–Crippen LogP) is 5.73. The zero-order valence-electron chi connectivity index (χ0n) is 10.9. The lowest BCUT2D eigenvalue weighted by Crippen LogP contribution is -2.09. The monoisotopic (exact) mass is 344 g/mol. The van der Waals surface area contributed by atoms with Gasteiger partial charge in [-0.1, -0.05) is 40.9 Å². The van der Waals surface area contributed by atoms with E-state index in [0.29, 0.717) is 20.8 Å². The van der Waals surface area contributed by atoms with Crippen molar-refractivity contribution in [3.8, 4) is 0 Å². The number of rotatable bonds is 4. The molecule has 0 aliphatic carbocycles. The van der Waals surface area contributed by atoms with Crippen molar-refractivity contribution in [3.63, 3.8) is 0 Å². The van der Waals surface area contributed by atoms with Crippen molar-refractivity contribution in [2.45, 2.75) is 13.0 Å². The number of anilines is 1. The normalized spacial score (nSPS) is 12.0. The second-order valence-electron chi connectivity index (χ2n) is 4.45. The van der Waals surface area contributed by atoms with Gasteiger partial charge in [-0.15, -0.1) is 0 Å². The highest BCUT2D eigenvalue weighted by molar-refractivity contribution is 6.35. The number of hydrogen-bond donors (Lipinski definition) is 1. The van der Waals surface area contributed by atoms with E-state index in [1.165, 1.54) is 6.07 Å². The zero-order valence-corrected chi connectivity index (χ0v) is 13.2. The van der Waals surface area contributed by atoms with Crippen LogP contribution in [0.15, 0.2) is 36.4 Å². The molecule has 0 aliphatic rings. The maximum Gasteiger partial charge on any atom is 0.293 e. The molecule has 7 heteroatoms. The third-order valence-corrected chi connectivity index (χ3v) is 3.76. The molecule has 0 radical (unpaired) electrons. The molecule has 0 fully saturated rings. The molecule has 0 amide bonds. The van der Waals surface area contributed by atoms with Crippen molar-refractivity contribution in [3.05, 3.63) is 67.1 Å². The first kappa shape index (κ1) is 15.9. The molecule has 21 heavy (non-hydrogen) atoms. The van der Waals surface area contributed by atoms with Gasteiger partial charge in [0, 0.05) is 21.1 Å². The van der Waals surface area contributed by atoms with Gasteiger partial charge in [-0.3, -0.25) is 10.1 Å². The Hall–Kier alpha value is -1.49. The molecule has 1 atom stereocenters. The number of halogens is 3. The highest BCUT2D eigenvalue weighted by atomic mass is 35.5. The molecule has 0 bridgehead atoms. The van der Waals surface area contributed by atoms with Crippen molar-refractivity contribution in [1.82, 2.24) is 0 Å². The fraction of sp³-hybridized carbons (Fsp3) is 0.143. The average molecular weight is 346 g/mol. The van der Waals surface area contributed by atoms with E-state index in [1.807, 2.05) is 6.92 Å². The first-order chi connectivity index (χ1) is 9.88. The Balaban J connectivity index is 2.31. The van der Waals surface area contributed by atoms with Gasteiger partial charge in [0.15, 0.2) is 0 Å². The fourth-order valence-corrected chi connectivity index (χ4v) is 2.68. The average Bonchev–Trinajstić information content (AvgIpc) is 2.40. The van der Waals surface area contributed by atoms with E-state index < -0.39 is 4.92 Å². The van der Waals surface area contributed by atoms with E-state index in [1.54, 1.807) is 30.3 Å². The van der Waals surface area contributed by atoms with E-state index >= 15 is 0 Å². The van der Waals surface area contributed by atoms with Crippen molar-refractivity contribution in [1.29, 1.82) is 0 Å². The van der Waals surface area contributed by atoms with Gasteiger partial charge in [-0.05, 0) is 36.8 Å². The number of nitrogens with zero attached hydrogens (tertiary/aromatic N) is 1. The molecular weight excluding hydrogens is 335 g/mol. The Morgan fingerprint density at radius 1 is 1.10 bits per heavy atom. The van der Waals surface area contributed by atoms with Crippen molar-refractivity contribution in [2.75, 3.05) is 5.32 Å². The predicted molar refractivity (Wildman–Crippen MR) is 86.6 cm³/mol. The van der Waals surface area contributed by atoms with Gasteiger partial charge in [0.2, 0.25) is 0 Å². The summed E-state index contributed by atoms with van der Waals surface area (Å²) in [5, 5.41) is 15.5. The van der Waals surface area contributed by atoms with Crippen LogP contribution in [0.2, 0.25) is 15.1 Å². The summed E-state index contributed by atoms with van der Waals surface area (Å²) in [4.78, 5) is 10.6. The van der Waals surface area contributed by atoms with Crippen LogP contribution in [-0.2, 0) is 0 Å². The first-order valence-corrected chi connectivity index (χ1v) is 7.17. The van der Waals surface area contributed by atoms with Crippen molar-refractivity contribution >= 4 is 46.2 Å². The van der Waals surface area contributed by atoms with Crippen molar-refractivity contribution in [2.24, 2.45) is 0 Å². The maximum atomic E-state index is 11.1. The second kappa shape index (κ2) is 6.52. The van der Waals surface area contributed by atoms with Gasteiger partial charge in [0.25, 0.3) is 5.69 Å². The van der Waals surface area contributed by atoms with Gasteiger partial charge >= 0.3 is 0 Å². The molecule has 0 aromatic heterocycles. The molecule has 0 heterocycles.